The number of hydrogen-bond acceptors (Lipinski definition) is 4. The first kappa shape index (κ1) is 19.4. The molecule has 25 heavy (non-hydrogen) atoms. The normalized spacial score (nSPS) is 16.1. The van der Waals surface area contributed by atoms with Gasteiger partial charge in [0.25, 0.3) is 5.91 Å². The average molecular weight is 346 g/mol. The zero-order valence-corrected chi connectivity index (χ0v) is 15.8. The number of carbonyl (C=O) groups is 2. The summed E-state index contributed by atoms with van der Waals surface area (Å²) in [6.07, 6.45) is 4.69. The Balaban J connectivity index is 1.79. The summed E-state index contributed by atoms with van der Waals surface area (Å²) in [4.78, 5) is 32.8. The maximum Gasteiger partial charge on any atom is 0.253 e. The van der Waals surface area contributed by atoms with Gasteiger partial charge in [-0.3, -0.25) is 14.6 Å². The summed E-state index contributed by atoms with van der Waals surface area (Å²) >= 11 is 0. The van der Waals surface area contributed by atoms with E-state index in [0.29, 0.717) is 25.2 Å². The molecule has 0 radical (unpaired) electrons. The van der Waals surface area contributed by atoms with Gasteiger partial charge in [-0.1, -0.05) is 13.8 Å². The molecule has 0 aromatic carbocycles. The second-order valence-electron chi connectivity index (χ2n) is 7.92. The number of piperidine rings is 1. The minimum atomic E-state index is -0.00311. The number of aromatic nitrogens is 1. The molecule has 6 heteroatoms. The molecule has 2 rings (SSSR count). The van der Waals surface area contributed by atoms with Crippen LogP contribution in [0.4, 0.5) is 0 Å². The Bertz CT molecular complexity index is 578. The first-order valence-corrected chi connectivity index (χ1v) is 8.90. The third-order valence-corrected chi connectivity index (χ3v) is 4.57. The van der Waals surface area contributed by atoms with Gasteiger partial charge >= 0.3 is 0 Å². The molecule has 1 aromatic rings. The Morgan fingerprint density at radius 1 is 1.24 bits per heavy atom. The van der Waals surface area contributed by atoms with Gasteiger partial charge in [-0.25, -0.2) is 0 Å². The number of hydrogen-bond donors (Lipinski definition) is 1. The van der Waals surface area contributed by atoms with E-state index in [1.807, 2.05) is 19.0 Å². The molecule has 1 aliphatic rings. The van der Waals surface area contributed by atoms with Gasteiger partial charge < -0.3 is 15.1 Å². The van der Waals surface area contributed by atoms with Crippen LogP contribution in [-0.2, 0) is 4.79 Å². The van der Waals surface area contributed by atoms with Crippen LogP contribution < -0.4 is 5.32 Å². The van der Waals surface area contributed by atoms with Crippen molar-refractivity contribution in [2.45, 2.75) is 26.7 Å². The van der Waals surface area contributed by atoms with E-state index >= 15 is 0 Å². The van der Waals surface area contributed by atoms with Gasteiger partial charge in [0.1, 0.15) is 0 Å². The molecule has 0 atom stereocenters. The lowest BCUT2D eigenvalue weighted by molar-refractivity contribution is -0.126. The van der Waals surface area contributed by atoms with Crippen molar-refractivity contribution in [2.24, 2.45) is 11.3 Å². The number of nitrogens with zero attached hydrogens (tertiary/aromatic N) is 3. The van der Waals surface area contributed by atoms with Crippen LogP contribution in [0.25, 0.3) is 0 Å². The molecule has 1 saturated heterocycles. The Kier molecular flexibility index (Phi) is 6.53. The van der Waals surface area contributed by atoms with E-state index in [1.165, 1.54) is 0 Å². The van der Waals surface area contributed by atoms with Crippen molar-refractivity contribution in [3.05, 3.63) is 30.1 Å². The fourth-order valence-electron chi connectivity index (χ4n) is 3.40. The third-order valence-electron chi connectivity index (χ3n) is 4.57. The summed E-state index contributed by atoms with van der Waals surface area (Å²) in [7, 11) is 4.08. The largest absolute Gasteiger partial charge is 0.355 e. The molecule has 1 N–H and O–H groups in total. The molecule has 1 aromatic heterocycles. The van der Waals surface area contributed by atoms with Gasteiger partial charge in [0.05, 0.1) is 0 Å². The highest BCUT2D eigenvalue weighted by atomic mass is 16.2. The van der Waals surface area contributed by atoms with Crippen molar-refractivity contribution in [2.75, 3.05) is 40.3 Å². The van der Waals surface area contributed by atoms with E-state index in [9.17, 15) is 9.59 Å². The molecule has 0 saturated carbocycles. The minimum absolute atomic E-state index is 0.00311. The van der Waals surface area contributed by atoms with Crippen LogP contribution in [0.3, 0.4) is 0 Å². The van der Waals surface area contributed by atoms with Gasteiger partial charge in [-0.2, -0.15) is 0 Å². The van der Waals surface area contributed by atoms with Crippen LogP contribution in [0.1, 0.15) is 37.0 Å². The number of carbonyl (C=O) groups excluding carboxylic acids is 2. The SMILES string of the molecule is CN(C)CC(C)(C)CNC(=O)C1CCN(C(=O)c2ccncc2)CC1. The molecule has 0 bridgehead atoms. The Morgan fingerprint density at radius 3 is 2.40 bits per heavy atom. The molecule has 1 fully saturated rings. The van der Waals surface area contributed by atoms with Crippen molar-refractivity contribution in [1.29, 1.82) is 0 Å². The molecule has 138 valence electrons. The average Bonchev–Trinajstić information content (AvgIpc) is 2.59. The number of nitrogens with one attached hydrogen (secondary N) is 1. The van der Waals surface area contributed by atoms with Crippen LogP contribution in [-0.4, -0.2) is 66.9 Å². The number of rotatable bonds is 6. The molecular weight excluding hydrogens is 316 g/mol. The van der Waals surface area contributed by atoms with E-state index < -0.39 is 0 Å². The molecule has 6 nitrogen and oxygen atoms in total. The predicted molar refractivity (Wildman–Crippen MR) is 98.2 cm³/mol. The zero-order valence-electron chi connectivity index (χ0n) is 15.8. The standard InChI is InChI=1S/C19H30N4O2/c1-19(2,14-22(3)4)13-21-17(24)15-7-11-23(12-8-15)18(25)16-5-9-20-10-6-16/h5-6,9-10,15H,7-8,11-14H2,1-4H3,(H,21,24). The van der Waals surface area contributed by atoms with Gasteiger partial charge in [0, 0.05) is 50.1 Å². The van der Waals surface area contributed by atoms with E-state index in [0.717, 1.165) is 19.4 Å². The highest BCUT2D eigenvalue weighted by molar-refractivity contribution is 5.94. The van der Waals surface area contributed by atoms with Crippen molar-refractivity contribution >= 4 is 11.8 Å². The Hall–Kier alpha value is -1.95. The van der Waals surface area contributed by atoms with Crippen molar-refractivity contribution in [1.82, 2.24) is 20.1 Å². The van der Waals surface area contributed by atoms with Crippen molar-refractivity contribution in [3.63, 3.8) is 0 Å². The lowest BCUT2D eigenvalue weighted by Crippen LogP contribution is -2.46. The lowest BCUT2D eigenvalue weighted by Gasteiger charge is -2.33. The fourth-order valence-corrected chi connectivity index (χ4v) is 3.40. The van der Waals surface area contributed by atoms with Crippen LogP contribution in [0.5, 0.6) is 0 Å². The molecular formula is C19H30N4O2. The Labute approximate surface area is 150 Å². The summed E-state index contributed by atoms with van der Waals surface area (Å²) in [5.74, 6) is 0.132. The molecule has 2 heterocycles. The van der Waals surface area contributed by atoms with Gasteiger partial charge in [0.2, 0.25) is 5.91 Å². The maximum atomic E-state index is 12.4. The van der Waals surface area contributed by atoms with Gasteiger partial charge in [-0.05, 0) is 44.5 Å². The van der Waals surface area contributed by atoms with E-state index in [-0.39, 0.29) is 23.1 Å². The van der Waals surface area contributed by atoms with Gasteiger partial charge in [0.15, 0.2) is 0 Å². The first-order chi connectivity index (χ1) is 11.8. The second kappa shape index (κ2) is 8.43. The van der Waals surface area contributed by atoms with E-state index in [1.54, 1.807) is 24.5 Å². The van der Waals surface area contributed by atoms with Crippen LogP contribution >= 0.6 is 0 Å². The van der Waals surface area contributed by atoms with Gasteiger partial charge in [-0.15, -0.1) is 0 Å². The molecule has 0 unspecified atom stereocenters. The summed E-state index contributed by atoms with van der Waals surface area (Å²) in [5, 5.41) is 3.10. The van der Waals surface area contributed by atoms with E-state index in [4.69, 9.17) is 0 Å². The van der Waals surface area contributed by atoms with Crippen LogP contribution in [0.15, 0.2) is 24.5 Å². The lowest BCUT2D eigenvalue weighted by atomic mass is 9.91. The quantitative estimate of drug-likeness (QED) is 0.850. The molecule has 0 spiro atoms. The minimum Gasteiger partial charge on any atom is -0.355 e. The molecule has 0 aliphatic carbocycles. The number of amides is 2. The topological polar surface area (TPSA) is 65.5 Å². The summed E-state index contributed by atoms with van der Waals surface area (Å²) < 4.78 is 0. The summed E-state index contributed by atoms with van der Waals surface area (Å²) in [6.45, 7) is 7.15. The van der Waals surface area contributed by atoms with Crippen molar-refractivity contribution < 1.29 is 9.59 Å². The van der Waals surface area contributed by atoms with Crippen LogP contribution in [0, 0.1) is 11.3 Å². The molecule has 1 aliphatic heterocycles. The number of pyridine rings is 1. The Morgan fingerprint density at radius 2 is 1.84 bits per heavy atom. The fraction of sp³-hybridized carbons (Fsp3) is 0.632. The van der Waals surface area contributed by atoms with Crippen LogP contribution in [0.2, 0.25) is 0 Å². The number of likely N-dealkylation sites (tertiary alicyclic amines) is 1. The summed E-state index contributed by atoms with van der Waals surface area (Å²) in [6, 6.07) is 3.46. The predicted octanol–water partition coefficient (Wildman–Crippen LogP) is 1.64. The first-order valence-electron chi connectivity index (χ1n) is 8.90. The highest BCUT2D eigenvalue weighted by Crippen LogP contribution is 2.20. The maximum absolute atomic E-state index is 12.4. The van der Waals surface area contributed by atoms with E-state index in [2.05, 4.69) is 29.0 Å². The second-order valence-corrected chi connectivity index (χ2v) is 7.92. The summed E-state index contributed by atoms with van der Waals surface area (Å²) in [5.41, 5.74) is 0.695. The monoisotopic (exact) mass is 346 g/mol. The molecule has 2 amide bonds. The van der Waals surface area contributed by atoms with Crippen molar-refractivity contribution in [3.8, 4) is 0 Å². The highest BCUT2D eigenvalue weighted by Gasteiger charge is 2.29. The third kappa shape index (κ3) is 5.81. The smallest absolute Gasteiger partial charge is 0.253 e. The zero-order chi connectivity index (χ0) is 18.4.